The van der Waals surface area contributed by atoms with Crippen LogP contribution in [0.2, 0.25) is 0 Å². The molecule has 0 unspecified atom stereocenters. The second-order valence-electron chi connectivity index (χ2n) is 16.7. The summed E-state index contributed by atoms with van der Waals surface area (Å²) in [6.07, 6.45) is 2.82. The van der Waals surface area contributed by atoms with Gasteiger partial charge in [0.25, 0.3) is 5.91 Å². The molecule has 11 heteroatoms. The van der Waals surface area contributed by atoms with Gasteiger partial charge >= 0.3 is 12.1 Å². The van der Waals surface area contributed by atoms with E-state index in [4.69, 9.17) is 14.5 Å². The maximum Gasteiger partial charge on any atom is 0.408 e. The number of esters is 1. The van der Waals surface area contributed by atoms with Crippen molar-refractivity contribution in [3.05, 3.63) is 77.1 Å². The molecule has 0 spiro atoms. The molecule has 10 nitrogen and oxygen atoms in total. The standard InChI is InChI=1S/C43H54FN5O5/c1-9-48-36-15-14-29-22-32(36)33(38(48)31-12-10-16-45-37(31)26(2)3)23-43(7,8)25-53-40(51)34-13-11-17-49(47-34)39(50)35(46-41(52)54-42(4,5)6)21-27-18-28(24-44)20-30(29)19-27/h10,12,14-16,18-20,22,26,34-35,47H,9,11,13,17,21,23-25H2,1-8H3,(H,46,52)/t34-,35-/m0/s1. The van der Waals surface area contributed by atoms with Gasteiger partial charge < -0.3 is 19.4 Å². The Balaban J connectivity index is 1.55. The fourth-order valence-electron chi connectivity index (χ4n) is 7.71. The maximum atomic E-state index is 14.6. The van der Waals surface area contributed by atoms with Crippen LogP contribution in [0.3, 0.4) is 0 Å². The Morgan fingerprint density at radius 3 is 2.61 bits per heavy atom. The molecular formula is C43H54FN5O5. The van der Waals surface area contributed by atoms with Crippen molar-refractivity contribution < 1.29 is 28.2 Å². The molecule has 0 saturated carbocycles. The lowest BCUT2D eigenvalue weighted by Crippen LogP contribution is -2.60. The lowest BCUT2D eigenvalue weighted by molar-refractivity contribution is -0.155. The van der Waals surface area contributed by atoms with Crippen molar-refractivity contribution in [2.75, 3.05) is 13.2 Å². The minimum Gasteiger partial charge on any atom is -0.464 e. The van der Waals surface area contributed by atoms with E-state index in [1.807, 2.05) is 24.4 Å². The number of carbonyl (C=O) groups excluding carboxylic acids is 3. The predicted molar refractivity (Wildman–Crippen MR) is 208 cm³/mol. The second kappa shape index (κ2) is 15.5. The summed E-state index contributed by atoms with van der Waals surface area (Å²) in [5.41, 5.74) is 10.0. The van der Waals surface area contributed by atoms with Crippen molar-refractivity contribution in [1.82, 2.24) is 25.3 Å². The molecule has 2 amide bonds. The van der Waals surface area contributed by atoms with Gasteiger partial charge in [-0.05, 0) is 111 Å². The highest BCUT2D eigenvalue weighted by atomic mass is 19.1. The zero-order chi connectivity index (χ0) is 38.9. The maximum absolute atomic E-state index is 14.6. The first-order chi connectivity index (χ1) is 25.6. The number of ether oxygens (including phenoxy) is 2. The van der Waals surface area contributed by atoms with Crippen LogP contribution in [-0.2, 0) is 45.1 Å². The Hall–Kier alpha value is -4.77. The van der Waals surface area contributed by atoms with E-state index in [0.29, 0.717) is 36.9 Å². The number of rotatable bonds is 5. The van der Waals surface area contributed by atoms with Crippen molar-refractivity contribution in [2.24, 2.45) is 5.41 Å². The van der Waals surface area contributed by atoms with Crippen LogP contribution in [0, 0.1) is 5.41 Å². The summed E-state index contributed by atoms with van der Waals surface area (Å²) in [5, 5.41) is 5.22. The molecule has 2 aromatic carbocycles. The number of hydrogen-bond donors (Lipinski definition) is 2. The lowest BCUT2D eigenvalue weighted by atomic mass is 9.83. The molecule has 2 aliphatic heterocycles. The second-order valence-corrected chi connectivity index (χ2v) is 16.7. The zero-order valence-electron chi connectivity index (χ0n) is 32.8. The summed E-state index contributed by atoms with van der Waals surface area (Å²) >= 11 is 0. The monoisotopic (exact) mass is 739 g/mol. The molecule has 54 heavy (non-hydrogen) atoms. The minimum absolute atomic E-state index is 0.0727. The van der Waals surface area contributed by atoms with Gasteiger partial charge in [-0.25, -0.2) is 14.6 Å². The third-order valence-corrected chi connectivity index (χ3v) is 10.1. The van der Waals surface area contributed by atoms with E-state index in [9.17, 15) is 18.8 Å². The van der Waals surface area contributed by atoms with Crippen molar-refractivity contribution >= 4 is 28.9 Å². The van der Waals surface area contributed by atoms with Gasteiger partial charge in [0.05, 0.1) is 18.0 Å². The number of alkyl carbamates (subject to hydrolysis) is 1. The van der Waals surface area contributed by atoms with Gasteiger partial charge in [0.15, 0.2) is 0 Å². The van der Waals surface area contributed by atoms with Crippen LogP contribution in [0.1, 0.15) is 96.5 Å². The van der Waals surface area contributed by atoms with Crippen molar-refractivity contribution in [3.63, 3.8) is 0 Å². The smallest absolute Gasteiger partial charge is 0.408 e. The van der Waals surface area contributed by atoms with Gasteiger partial charge in [0, 0.05) is 47.6 Å². The number of cyclic esters (lactones) is 1. The molecule has 6 bridgehead atoms. The molecule has 0 aliphatic carbocycles. The van der Waals surface area contributed by atoms with E-state index in [2.05, 4.69) is 74.2 Å². The number of halogens is 1. The van der Waals surface area contributed by atoms with Crippen LogP contribution in [0.5, 0.6) is 0 Å². The van der Waals surface area contributed by atoms with Gasteiger partial charge in [-0.3, -0.25) is 19.6 Å². The number of fused-ring (bicyclic) bond motifs is 6. The molecule has 4 heterocycles. The van der Waals surface area contributed by atoms with E-state index in [1.54, 1.807) is 26.8 Å². The summed E-state index contributed by atoms with van der Waals surface area (Å²) in [5.74, 6) is -0.681. The number of benzene rings is 2. The van der Waals surface area contributed by atoms with Crippen LogP contribution in [-0.4, -0.2) is 63.4 Å². The van der Waals surface area contributed by atoms with Crippen LogP contribution < -0.4 is 10.7 Å². The Morgan fingerprint density at radius 1 is 1.13 bits per heavy atom. The van der Waals surface area contributed by atoms with Gasteiger partial charge in [0.2, 0.25) is 0 Å². The highest BCUT2D eigenvalue weighted by Crippen LogP contribution is 2.42. The van der Waals surface area contributed by atoms with Gasteiger partial charge in [-0.1, -0.05) is 45.9 Å². The average Bonchev–Trinajstić information content (AvgIpc) is 3.43. The van der Waals surface area contributed by atoms with Crippen molar-refractivity contribution in [1.29, 1.82) is 0 Å². The SMILES string of the molecule is CCn1c(-c2cccnc2C(C)C)c2c3cc(ccc31)-c1cc(CF)cc(c1)C[C@H](NC(=O)OC(C)(C)C)C(=O)N1CCC[C@H](N1)C(=O)OCC(C)(C)C2. The normalized spacial score (nSPS) is 19.4. The number of amides is 2. The quantitative estimate of drug-likeness (QED) is 0.199. The van der Waals surface area contributed by atoms with E-state index in [-0.39, 0.29) is 18.9 Å². The fraction of sp³-hybridized carbons (Fsp3) is 0.488. The Morgan fingerprint density at radius 2 is 1.91 bits per heavy atom. The highest BCUT2D eigenvalue weighted by Gasteiger charge is 2.36. The van der Waals surface area contributed by atoms with E-state index >= 15 is 0 Å². The number of nitrogens with zero attached hydrogens (tertiary/aromatic N) is 3. The van der Waals surface area contributed by atoms with E-state index in [1.165, 1.54) is 5.01 Å². The topological polar surface area (TPSA) is 115 Å². The summed E-state index contributed by atoms with van der Waals surface area (Å²) < 4.78 is 28.5. The summed E-state index contributed by atoms with van der Waals surface area (Å²) in [4.78, 5) is 45.7. The lowest BCUT2D eigenvalue weighted by Gasteiger charge is -2.35. The van der Waals surface area contributed by atoms with Crippen molar-refractivity contribution in [2.45, 2.75) is 118 Å². The number of hydrazine groups is 1. The molecule has 2 atom stereocenters. The molecule has 0 radical (unpaired) electrons. The number of nitrogens with one attached hydrogen (secondary N) is 2. The minimum atomic E-state index is -1.06. The number of pyridine rings is 1. The molecule has 2 aromatic heterocycles. The molecule has 288 valence electrons. The summed E-state index contributed by atoms with van der Waals surface area (Å²) in [7, 11) is 0. The first kappa shape index (κ1) is 38.9. The van der Waals surface area contributed by atoms with Gasteiger partial charge in [0.1, 0.15) is 24.4 Å². The van der Waals surface area contributed by atoms with Crippen LogP contribution in [0.25, 0.3) is 33.3 Å². The largest absolute Gasteiger partial charge is 0.464 e. The average molecular weight is 740 g/mol. The molecule has 6 rings (SSSR count). The molecule has 1 fully saturated rings. The number of aryl methyl sites for hydroxylation is 1. The Labute approximate surface area is 317 Å². The summed E-state index contributed by atoms with van der Waals surface area (Å²) in [6, 6.07) is 14.2. The molecule has 1 saturated heterocycles. The first-order valence-electron chi connectivity index (χ1n) is 19.1. The van der Waals surface area contributed by atoms with Gasteiger partial charge in [-0.2, -0.15) is 0 Å². The van der Waals surface area contributed by atoms with E-state index < -0.39 is 47.7 Å². The van der Waals surface area contributed by atoms with Crippen LogP contribution >= 0.6 is 0 Å². The number of aromatic nitrogens is 2. The van der Waals surface area contributed by atoms with Crippen LogP contribution in [0.4, 0.5) is 9.18 Å². The molecule has 2 aliphatic rings. The molecule has 4 aromatic rings. The molecular weight excluding hydrogens is 686 g/mol. The predicted octanol–water partition coefficient (Wildman–Crippen LogP) is 8.04. The third kappa shape index (κ3) is 8.46. The fourth-order valence-corrected chi connectivity index (χ4v) is 7.71. The number of alkyl halides is 1. The Kier molecular flexibility index (Phi) is 11.2. The Bertz CT molecular complexity index is 2050. The van der Waals surface area contributed by atoms with Crippen molar-refractivity contribution in [3.8, 4) is 22.4 Å². The first-order valence-corrected chi connectivity index (χ1v) is 19.1. The van der Waals surface area contributed by atoms with E-state index in [0.717, 1.165) is 51.1 Å². The summed E-state index contributed by atoms with van der Waals surface area (Å²) in [6.45, 7) is 16.4. The number of hydrogen-bond acceptors (Lipinski definition) is 7. The number of carbonyl (C=O) groups is 3. The van der Waals surface area contributed by atoms with Gasteiger partial charge in [-0.15, -0.1) is 0 Å². The molecule has 2 N–H and O–H groups in total. The zero-order valence-corrected chi connectivity index (χ0v) is 32.8. The van der Waals surface area contributed by atoms with Crippen LogP contribution in [0.15, 0.2) is 54.7 Å². The highest BCUT2D eigenvalue weighted by molar-refractivity contribution is 5.95. The third-order valence-electron chi connectivity index (χ3n) is 10.1.